The average Bonchev–Trinajstić information content (AvgIpc) is 2.14. The Balaban J connectivity index is 3.51. The summed E-state index contributed by atoms with van der Waals surface area (Å²) >= 11 is 0. The second-order valence-electron chi connectivity index (χ2n) is 3.62. The molecule has 0 saturated heterocycles. The summed E-state index contributed by atoms with van der Waals surface area (Å²) in [5, 5.41) is 8.99. The van der Waals surface area contributed by atoms with Crippen LogP contribution in [0, 0.1) is 25.2 Å². The molecule has 0 aromatic carbocycles. The molecule has 0 atom stereocenters. The fourth-order valence-corrected chi connectivity index (χ4v) is 1.79. The summed E-state index contributed by atoms with van der Waals surface area (Å²) in [6.07, 6.45) is 1.08. The van der Waals surface area contributed by atoms with Gasteiger partial charge in [-0.2, -0.15) is 5.26 Å². The monoisotopic (exact) mass is 239 g/mol. The highest BCUT2D eigenvalue weighted by atomic mass is 32.2. The molecule has 1 rings (SSSR count). The van der Waals surface area contributed by atoms with Crippen LogP contribution in [0.1, 0.15) is 16.8 Å². The van der Waals surface area contributed by atoms with Gasteiger partial charge in [0.05, 0.1) is 11.8 Å². The minimum Gasteiger partial charge on any atom is -0.256 e. The van der Waals surface area contributed by atoms with Crippen LogP contribution in [0.4, 0.5) is 5.82 Å². The van der Waals surface area contributed by atoms with Gasteiger partial charge in [0.25, 0.3) is 0 Å². The zero-order chi connectivity index (χ0) is 12.5. The zero-order valence-corrected chi connectivity index (χ0v) is 10.5. The van der Waals surface area contributed by atoms with Crippen LogP contribution >= 0.6 is 0 Å². The molecule has 1 aromatic heterocycles. The van der Waals surface area contributed by atoms with Gasteiger partial charge in [0.1, 0.15) is 6.07 Å². The third-order valence-electron chi connectivity index (χ3n) is 2.23. The molecule has 86 valence electrons. The van der Waals surface area contributed by atoms with Gasteiger partial charge < -0.3 is 0 Å². The van der Waals surface area contributed by atoms with Gasteiger partial charge in [-0.15, -0.1) is 0 Å². The Morgan fingerprint density at radius 1 is 1.44 bits per heavy atom. The van der Waals surface area contributed by atoms with E-state index in [2.05, 4.69) is 4.98 Å². The molecule has 0 spiro atoms. The van der Waals surface area contributed by atoms with Crippen LogP contribution < -0.4 is 4.31 Å². The third kappa shape index (κ3) is 2.31. The van der Waals surface area contributed by atoms with Crippen LogP contribution in [0.15, 0.2) is 6.07 Å². The zero-order valence-electron chi connectivity index (χ0n) is 9.64. The van der Waals surface area contributed by atoms with Crippen molar-refractivity contribution in [1.29, 1.82) is 5.26 Å². The maximum Gasteiger partial charge on any atom is 0.233 e. The molecule has 0 unspecified atom stereocenters. The number of nitriles is 1. The van der Waals surface area contributed by atoms with Crippen molar-refractivity contribution in [3.8, 4) is 6.07 Å². The van der Waals surface area contributed by atoms with Gasteiger partial charge in [0.15, 0.2) is 5.82 Å². The van der Waals surface area contributed by atoms with E-state index >= 15 is 0 Å². The Morgan fingerprint density at radius 2 is 2.00 bits per heavy atom. The molecule has 0 bridgehead atoms. The van der Waals surface area contributed by atoms with Crippen molar-refractivity contribution >= 4 is 15.8 Å². The molecule has 0 saturated carbocycles. The molecular formula is C10H13N3O2S. The van der Waals surface area contributed by atoms with Gasteiger partial charge in [-0.05, 0) is 25.5 Å². The summed E-state index contributed by atoms with van der Waals surface area (Å²) in [6.45, 7) is 3.51. The quantitative estimate of drug-likeness (QED) is 0.770. The fraction of sp³-hybridized carbons (Fsp3) is 0.400. The first-order valence-electron chi connectivity index (χ1n) is 4.59. The van der Waals surface area contributed by atoms with Crippen molar-refractivity contribution < 1.29 is 8.42 Å². The molecule has 6 heteroatoms. The minimum absolute atomic E-state index is 0.183. The molecule has 1 aromatic rings. The SMILES string of the molecule is Cc1cc(C)c(C#N)c(N(C)S(C)(=O)=O)n1. The number of aryl methyl sites for hydroxylation is 2. The molecule has 5 nitrogen and oxygen atoms in total. The summed E-state index contributed by atoms with van der Waals surface area (Å²) in [4.78, 5) is 4.10. The van der Waals surface area contributed by atoms with E-state index in [-0.39, 0.29) is 5.82 Å². The lowest BCUT2D eigenvalue weighted by Crippen LogP contribution is -2.27. The standard InChI is InChI=1S/C10H13N3O2S/c1-7-5-8(2)12-10(9(7)6-11)13(3)16(4,14)15/h5H,1-4H3. The van der Waals surface area contributed by atoms with Gasteiger partial charge >= 0.3 is 0 Å². The van der Waals surface area contributed by atoms with Crippen LogP contribution in [-0.2, 0) is 10.0 Å². The maximum absolute atomic E-state index is 11.4. The predicted octanol–water partition coefficient (Wildman–Crippen LogP) is 0.966. The molecule has 1 heterocycles. The van der Waals surface area contributed by atoms with E-state index in [0.717, 1.165) is 16.1 Å². The number of aromatic nitrogens is 1. The second kappa shape index (κ2) is 4.10. The van der Waals surface area contributed by atoms with Crippen molar-refractivity contribution in [3.05, 3.63) is 22.9 Å². The molecule has 0 radical (unpaired) electrons. The smallest absolute Gasteiger partial charge is 0.233 e. The van der Waals surface area contributed by atoms with E-state index in [1.54, 1.807) is 19.9 Å². The molecule has 0 aliphatic heterocycles. The average molecular weight is 239 g/mol. The number of hydrogen-bond donors (Lipinski definition) is 0. The first kappa shape index (κ1) is 12.5. The molecule has 0 aliphatic rings. The van der Waals surface area contributed by atoms with Gasteiger partial charge in [-0.1, -0.05) is 0 Å². The number of hydrogen-bond acceptors (Lipinski definition) is 4. The van der Waals surface area contributed by atoms with Crippen molar-refractivity contribution in [3.63, 3.8) is 0 Å². The third-order valence-corrected chi connectivity index (χ3v) is 3.40. The Bertz CT molecular complexity index is 558. The van der Waals surface area contributed by atoms with Crippen molar-refractivity contribution in [1.82, 2.24) is 4.98 Å². The van der Waals surface area contributed by atoms with Gasteiger partial charge in [0, 0.05) is 12.7 Å². The highest BCUT2D eigenvalue weighted by Crippen LogP contribution is 2.22. The highest BCUT2D eigenvalue weighted by Gasteiger charge is 2.19. The van der Waals surface area contributed by atoms with E-state index in [1.165, 1.54) is 7.05 Å². The molecule has 0 aliphatic carbocycles. The number of sulfonamides is 1. The Hall–Kier alpha value is -1.61. The molecular weight excluding hydrogens is 226 g/mol. The highest BCUT2D eigenvalue weighted by molar-refractivity contribution is 7.92. The summed E-state index contributed by atoms with van der Waals surface area (Å²) in [6, 6.07) is 3.72. The van der Waals surface area contributed by atoms with Gasteiger partial charge in [-0.25, -0.2) is 13.4 Å². The first-order chi connectivity index (χ1) is 7.27. The summed E-state index contributed by atoms with van der Waals surface area (Å²) < 4.78 is 23.8. The van der Waals surface area contributed by atoms with Crippen LogP contribution in [0.25, 0.3) is 0 Å². The number of pyridine rings is 1. The first-order valence-corrected chi connectivity index (χ1v) is 6.44. The van der Waals surface area contributed by atoms with Crippen LogP contribution in [0.2, 0.25) is 0 Å². The fourth-order valence-electron chi connectivity index (χ4n) is 1.34. The summed E-state index contributed by atoms with van der Waals surface area (Å²) in [5.41, 5.74) is 1.70. The Kier molecular flexibility index (Phi) is 3.19. The van der Waals surface area contributed by atoms with E-state index < -0.39 is 10.0 Å². The van der Waals surface area contributed by atoms with E-state index in [9.17, 15) is 8.42 Å². The van der Waals surface area contributed by atoms with Gasteiger partial charge in [0.2, 0.25) is 10.0 Å². The lowest BCUT2D eigenvalue weighted by molar-refractivity contribution is 0.599. The molecule has 0 N–H and O–H groups in total. The normalized spacial score (nSPS) is 10.9. The molecule has 0 fully saturated rings. The number of rotatable bonds is 2. The predicted molar refractivity (Wildman–Crippen MR) is 61.7 cm³/mol. The van der Waals surface area contributed by atoms with E-state index in [0.29, 0.717) is 11.3 Å². The summed E-state index contributed by atoms with van der Waals surface area (Å²) in [5.74, 6) is 0.183. The Morgan fingerprint density at radius 3 is 2.44 bits per heavy atom. The van der Waals surface area contributed by atoms with Crippen molar-refractivity contribution in [2.24, 2.45) is 0 Å². The van der Waals surface area contributed by atoms with Crippen LogP contribution in [-0.4, -0.2) is 26.7 Å². The summed E-state index contributed by atoms with van der Waals surface area (Å²) in [7, 11) is -2.02. The van der Waals surface area contributed by atoms with Gasteiger partial charge in [-0.3, -0.25) is 4.31 Å². The largest absolute Gasteiger partial charge is 0.256 e. The molecule has 0 amide bonds. The Labute approximate surface area is 95.4 Å². The molecule has 16 heavy (non-hydrogen) atoms. The maximum atomic E-state index is 11.4. The minimum atomic E-state index is -3.40. The lowest BCUT2D eigenvalue weighted by Gasteiger charge is -2.18. The van der Waals surface area contributed by atoms with E-state index in [4.69, 9.17) is 5.26 Å². The number of nitrogens with zero attached hydrogens (tertiary/aromatic N) is 3. The topological polar surface area (TPSA) is 74.1 Å². The van der Waals surface area contributed by atoms with Crippen molar-refractivity contribution in [2.45, 2.75) is 13.8 Å². The van der Waals surface area contributed by atoms with Crippen LogP contribution in [0.3, 0.4) is 0 Å². The second-order valence-corrected chi connectivity index (χ2v) is 5.64. The van der Waals surface area contributed by atoms with Crippen LogP contribution in [0.5, 0.6) is 0 Å². The van der Waals surface area contributed by atoms with Crippen molar-refractivity contribution in [2.75, 3.05) is 17.6 Å². The number of anilines is 1. The lowest BCUT2D eigenvalue weighted by atomic mass is 10.1. The van der Waals surface area contributed by atoms with E-state index in [1.807, 2.05) is 6.07 Å².